The van der Waals surface area contributed by atoms with Crippen LogP contribution < -0.4 is 5.32 Å². The Balaban J connectivity index is 1.80. The molecule has 4 nitrogen and oxygen atoms in total. The van der Waals surface area contributed by atoms with Gasteiger partial charge >= 0.3 is 5.97 Å². The SMILES string of the molecule is CCOC(=O)c1c(NC(=O)C(CC)Sc2ccc(Cl)cc2)sc2c1CCCC2. The number of rotatable bonds is 7. The maximum atomic E-state index is 13.0. The van der Waals surface area contributed by atoms with Crippen molar-refractivity contribution in [2.24, 2.45) is 0 Å². The summed E-state index contributed by atoms with van der Waals surface area (Å²) in [5, 5.41) is 4.07. The van der Waals surface area contributed by atoms with E-state index in [9.17, 15) is 9.59 Å². The van der Waals surface area contributed by atoms with Crippen LogP contribution in [0.3, 0.4) is 0 Å². The Kier molecular flexibility index (Phi) is 7.43. The maximum absolute atomic E-state index is 13.0. The van der Waals surface area contributed by atoms with Crippen LogP contribution in [0.4, 0.5) is 5.00 Å². The molecule has 7 heteroatoms. The summed E-state index contributed by atoms with van der Waals surface area (Å²) in [5.74, 6) is -0.429. The van der Waals surface area contributed by atoms with Crippen molar-refractivity contribution in [3.63, 3.8) is 0 Å². The molecule has 0 aliphatic heterocycles. The van der Waals surface area contributed by atoms with Crippen molar-refractivity contribution in [1.82, 2.24) is 0 Å². The molecule has 2 aromatic rings. The molecule has 1 heterocycles. The van der Waals surface area contributed by atoms with Gasteiger partial charge in [0.25, 0.3) is 0 Å². The van der Waals surface area contributed by atoms with Crippen molar-refractivity contribution in [2.45, 2.75) is 56.1 Å². The van der Waals surface area contributed by atoms with Gasteiger partial charge < -0.3 is 10.1 Å². The number of halogens is 1. The summed E-state index contributed by atoms with van der Waals surface area (Å²) < 4.78 is 5.27. The van der Waals surface area contributed by atoms with Gasteiger partial charge in [-0.2, -0.15) is 0 Å². The molecular formula is C21H24ClNO3S2. The van der Waals surface area contributed by atoms with E-state index in [0.29, 0.717) is 28.6 Å². The molecule has 0 spiro atoms. The second kappa shape index (κ2) is 9.81. The minimum atomic E-state index is -0.337. The second-order valence-corrected chi connectivity index (χ2v) is 9.41. The van der Waals surface area contributed by atoms with Crippen molar-refractivity contribution in [1.29, 1.82) is 0 Å². The molecule has 0 saturated carbocycles. The number of hydrogen-bond donors (Lipinski definition) is 1. The summed E-state index contributed by atoms with van der Waals surface area (Å²) in [6, 6.07) is 7.47. The van der Waals surface area contributed by atoms with Crippen molar-refractivity contribution < 1.29 is 14.3 Å². The lowest BCUT2D eigenvalue weighted by atomic mass is 9.95. The Labute approximate surface area is 179 Å². The zero-order valence-electron chi connectivity index (χ0n) is 16.0. The second-order valence-electron chi connectivity index (χ2n) is 6.59. The number of anilines is 1. The van der Waals surface area contributed by atoms with E-state index in [-0.39, 0.29) is 17.1 Å². The van der Waals surface area contributed by atoms with Crippen molar-refractivity contribution in [3.8, 4) is 0 Å². The molecule has 0 saturated heterocycles. The van der Waals surface area contributed by atoms with E-state index >= 15 is 0 Å². The summed E-state index contributed by atoms with van der Waals surface area (Å²) in [6.07, 6.45) is 4.69. The summed E-state index contributed by atoms with van der Waals surface area (Å²) in [6.45, 7) is 4.10. The van der Waals surface area contributed by atoms with Crippen LogP contribution in [-0.4, -0.2) is 23.7 Å². The predicted molar refractivity (Wildman–Crippen MR) is 117 cm³/mol. The van der Waals surface area contributed by atoms with Gasteiger partial charge in [0.15, 0.2) is 0 Å². The molecule has 3 rings (SSSR count). The number of thiophene rings is 1. The van der Waals surface area contributed by atoms with E-state index in [1.807, 2.05) is 31.2 Å². The van der Waals surface area contributed by atoms with Crippen LogP contribution in [0.1, 0.15) is 53.9 Å². The topological polar surface area (TPSA) is 55.4 Å². The number of nitrogens with one attached hydrogen (secondary N) is 1. The lowest BCUT2D eigenvalue weighted by Gasteiger charge is -2.15. The largest absolute Gasteiger partial charge is 0.462 e. The van der Waals surface area contributed by atoms with Crippen LogP contribution in [0.15, 0.2) is 29.2 Å². The van der Waals surface area contributed by atoms with Crippen LogP contribution in [0.5, 0.6) is 0 Å². The summed E-state index contributed by atoms with van der Waals surface area (Å²) in [4.78, 5) is 27.7. The summed E-state index contributed by atoms with van der Waals surface area (Å²) >= 11 is 8.97. The monoisotopic (exact) mass is 437 g/mol. The molecule has 1 aliphatic carbocycles. The van der Waals surface area contributed by atoms with Crippen LogP contribution in [0.25, 0.3) is 0 Å². The van der Waals surface area contributed by atoms with Gasteiger partial charge in [0.1, 0.15) is 5.00 Å². The maximum Gasteiger partial charge on any atom is 0.341 e. The Morgan fingerprint density at radius 3 is 2.61 bits per heavy atom. The Morgan fingerprint density at radius 1 is 1.21 bits per heavy atom. The molecule has 1 aromatic carbocycles. The molecule has 0 fully saturated rings. The van der Waals surface area contributed by atoms with E-state index in [1.165, 1.54) is 28.0 Å². The Bertz CT molecular complexity index is 848. The van der Waals surface area contributed by atoms with Crippen LogP contribution in [-0.2, 0) is 22.4 Å². The number of carbonyl (C=O) groups excluding carboxylic acids is 2. The minimum Gasteiger partial charge on any atom is -0.462 e. The molecule has 1 aromatic heterocycles. The number of thioether (sulfide) groups is 1. The molecular weight excluding hydrogens is 414 g/mol. The molecule has 150 valence electrons. The lowest BCUT2D eigenvalue weighted by Crippen LogP contribution is -2.25. The number of fused-ring (bicyclic) bond motifs is 1. The predicted octanol–water partition coefficient (Wildman–Crippen LogP) is 5.97. The number of benzene rings is 1. The van der Waals surface area contributed by atoms with Gasteiger partial charge in [-0.3, -0.25) is 4.79 Å². The van der Waals surface area contributed by atoms with Crippen molar-refractivity contribution in [3.05, 3.63) is 45.3 Å². The number of esters is 1. The van der Waals surface area contributed by atoms with Gasteiger partial charge in [-0.15, -0.1) is 23.1 Å². The number of carbonyl (C=O) groups is 2. The molecule has 28 heavy (non-hydrogen) atoms. The number of ether oxygens (including phenoxy) is 1. The molecule has 0 radical (unpaired) electrons. The highest BCUT2D eigenvalue weighted by atomic mass is 35.5. The smallest absolute Gasteiger partial charge is 0.341 e. The zero-order chi connectivity index (χ0) is 20.1. The molecule has 1 aliphatic rings. The fraction of sp³-hybridized carbons (Fsp3) is 0.429. The number of hydrogen-bond acceptors (Lipinski definition) is 5. The van der Waals surface area contributed by atoms with Gasteiger partial charge in [0.2, 0.25) is 5.91 Å². The van der Waals surface area contributed by atoms with E-state index in [1.54, 1.807) is 6.92 Å². The highest BCUT2D eigenvalue weighted by Crippen LogP contribution is 2.39. The molecule has 1 unspecified atom stereocenters. The van der Waals surface area contributed by atoms with Crippen molar-refractivity contribution >= 4 is 51.6 Å². The van der Waals surface area contributed by atoms with Crippen LogP contribution in [0, 0.1) is 0 Å². The highest BCUT2D eigenvalue weighted by molar-refractivity contribution is 8.00. The Morgan fingerprint density at radius 2 is 1.93 bits per heavy atom. The van der Waals surface area contributed by atoms with E-state index in [4.69, 9.17) is 16.3 Å². The normalized spacial score (nSPS) is 14.2. The van der Waals surface area contributed by atoms with Crippen molar-refractivity contribution in [2.75, 3.05) is 11.9 Å². The summed E-state index contributed by atoms with van der Waals surface area (Å²) in [5.41, 5.74) is 1.62. The van der Waals surface area contributed by atoms with E-state index in [0.717, 1.165) is 36.1 Å². The fourth-order valence-corrected chi connectivity index (χ4v) is 5.63. The first kappa shape index (κ1) is 21.2. The third-order valence-corrected chi connectivity index (χ3v) is 7.48. The third kappa shape index (κ3) is 4.91. The third-order valence-electron chi connectivity index (χ3n) is 4.64. The van der Waals surface area contributed by atoms with Crippen LogP contribution >= 0.6 is 34.7 Å². The molecule has 1 atom stereocenters. The van der Waals surface area contributed by atoms with Gasteiger partial charge in [-0.1, -0.05) is 18.5 Å². The highest BCUT2D eigenvalue weighted by Gasteiger charge is 2.28. The summed E-state index contributed by atoms with van der Waals surface area (Å²) in [7, 11) is 0. The molecule has 0 bridgehead atoms. The van der Waals surface area contributed by atoms with E-state index < -0.39 is 0 Å². The molecule has 1 amide bonds. The first-order chi connectivity index (χ1) is 13.5. The van der Waals surface area contributed by atoms with Gasteiger partial charge in [0, 0.05) is 14.8 Å². The first-order valence-electron chi connectivity index (χ1n) is 9.58. The average Bonchev–Trinajstić information content (AvgIpc) is 3.05. The Hall–Kier alpha value is -1.50. The standard InChI is InChI=1S/C21H24ClNO3S2/c1-3-16(27-14-11-9-13(22)10-12-14)19(24)23-20-18(21(25)26-4-2)15-7-5-6-8-17(15)28-20/h9-12,16H,3-8H2,1-2H3,(H,23,24). The minimum absolute atomic E-state index is 0.0911. The zero-order valence-corrected chi connectivity index (χ0v) is 18.4. The van der Waals surface area contributed by atoms with Gasteiger partial charge in [-0.25, -0.2) is 4.79 Å². The van der Waals surface area contributed by atoms with Crippen LogP contribution in [0.2, 0.25) is 5.02 Å². The van der Waals surface area contributed by atoms with Gasteiger partial charge in [0.05, 0.1) is 17.4 Å². The quantitative estimate of drug-likeness (QED) is 0.428. The van der Waals surface area contributed by atoms with Gasteiger partial charge in [-0.05, 0) is 68.9 Å². The van der Waals surface area contributed by atoms with E-state index in [2.05, 4.69) is 5.32 Å². The fourth-order valence-electron chi connectivity index (χ4n) is 3.27. The lowest BCUT2D eigenvalue weighted by molar-refractivity contribution is -0.115. The molecule has 1 N–H and O–H groups in total. The number of aryl methyl sites for hydroxylation is 1. The first-order valence-corrected chi connectivity index (χ1v) is 11.7. The number of amides is 1. The average molecular weight is 438 g/mol.